The van der Waals surface area contributed by atoms with E-state index in [0.29, 0.717) is 13.0 Å². The number of hydrogen-bond donors (Lipinski definition) is 1. The molecule has 36 heavy (non-hydrogen) atoms. The standard InChI is InChI=1S/C32H36N2O2/c1-23-9-13-25(14-10-23)20-34-21-29(27-7-4-5-8-30(27)34)28(26-15-11-24(2)12-16-26)19-31(35)33-22-32(3)17-6-18-36-32/h4-5,7-16,21,28H,6,17-20,22H2,1-3H3,(H,33,35)/t28-,32-/m1/s1. The first-order valence-corrected chi connectivity index (χ1v) is 13.0. The van der Waals surface area contributed by atoms with Crippen molar-refractivity contribution in [3.63, 3.8) is 0 Å². The van der Waals surface area contributed by atoms with Crippen LogP contribution in [0.15, 0.2) is 79.0 Å². The lowest BCUT2D eigenvalue weighted by Crippen LogP contribution is -2.40. The van der Waals surface area contributed by atoms with E-state index in [-0.39, 0.29) is 17.4 Å². The molecule has 0 bridgehead atoms. The van der Waals surface area contributed by atoms with Crippen LogP contribution in [0, 0.1) is 13.8 Å². The molecule has 1 fully saturated rings. The fourth-order valence-corrected chi connectivity index (χ4v) is 5.30. The SMILES string of the molecule is Cc1ccc(Cn2cc([C@H](CC(=O)NC[C@@]3(C)CCCO3)c3ccc(C)cc3)c3ccccc32)cc1. The highest BCUT2D eigenvalue weighted by molar-refractivity contribution is 5.86. The van der Waals surface area contributed by atoms with Crippen LogP contribution in [0.3, 0.4) is 0 Å². The van der Waals surface area contributed by atoms with Crippen molar-refractivity contribution < 1.29 is 9.53 Å². The molecule has 186 valence electrons. The van der Waals surface area contributed by atoms with Crippen molar-refractivity contribution in [3.8, 4) is 0 Å². The quantitative estimate of drug-likeness (QED) is 0.312. The second-order valence-corrected chi connectivity index (χ2v) is 10.6. The number of aryl methyl sites for hydroxylation is 2. The Kier molecular flexibility index (Phi) is 6.97. The van der Waals surface area contributed by atoms with Gasteiger partial charge in [-0.05, 0) is 56.4 Å². The van der Waals surface area contributed by atoms with Crippen LogP contribution in [0.1, 0.15) is 59.9 Å². The van der Waals surface area contributed by atoms with Crippen LogP contribution >= 0.6 is 0 Å². The molecule has 1 aliphatic heterocycles. The summed E-state index contributed by atoms with van der Waals surface area (Å²) in [6.07, 6.45) is 4.70. The minimum atomic E-state index is -0.251. The van der Waals surface area contributed by atoms with E-state index in [2.05, 4.69) is 110 Å². The molecular formula is C32H36N2O2. The summed E-state index contributed by atoms with van der Waals surface area (Å²) in [6, 6.07) is 25.9. The van der Waals surface area contributed by atoms with Crippen LogP contribution in [0.2, 0.25) is 0 Å². The second kappa shape index (κ2) is 10.3. The van der Waals surface area contributed by atoms with Gasteiger partial charge in [0.25, 0.3) is 0 Å². The summed E-state index contributed by atoms with van der Waals surface area (Å²) in [7, 11) is 0. The van der Waals surface area contributed by atoms with E-state index in [4.69, 9.17) is 4.74 Å². The highest BCUT2D eigenvalue weighted by atomic mass is 16.5. The van der Waals surface area contributed by atoms with Crippen LogP contribution in [0.5, 0.6) is 0 Å². The average molecular weight is 481 g/mol. The first kappa shape index (κ1) is 24.3. The number of benzene rings is 3. The summed E-state index contributed by atoms with van der Waals surface area (Å²) in [4.78, 5) is 13.3. The molecule has 0 aliphatic carbocycles. The van der Waals surface area contributed by atoms with Crippen molar-refractivity contribution in [1.82, 2.24) is 9.88 Å². The zero-order valence-electron chi connectivity index (χ0n) is 21.6. The van der Waals surface area contributed by atoms with E-state index >= 15 is 0 Å². The Bertz CT molecular complexity index is 1330. The number of carbonyl (C=O) groups excluding carboxylic acids is 1. The van der Waals surface area contributed by atoms with Crippen molar-refractivity contribution >= 4 is 16.8 Å². The van der Waals surface area contributed by atoms with Crippen LogP contribution in [-0.2, 0) is 16.1 Å². The van der Waals surface area contributed by atoms with Gasteiger partial charge in [0.05, 0.1) is 5.60 Å². The third-order valence-electron chi connectivity index (χ3n) is 7.50. The lowest BCUT2D eigenvalue weighted by molar-refractivity contribution is -0.122. The van der Waals surface area contributed by atoms with Gasteiger partial charge in [0.1, 0.15) is 0 Å². The number of nitrogens with zero attached hydrogens (tertiary/aromatic N) is 1. The molecule has 2 heterocycles. The topological polar surface area (TPSA) is 43.3 Å². The minimum Gasteiger partial charge on any atom is -0.373 e. The van der Waals surface area contributed by atoms with Gasteiger partial charge in [-0.2, -0.15) is 0 Å². The Balaban J connectivity index is 1.48. The second-order valence-electron chi connectivity index (χ2n) is 10.6. The van der Waals surface area contributed by atoms with E-state index in [1.165, 1.54) is 33.2 Å². The molecule has 4 aromatic rings. The summed E-state index contributed by atoms with van der Waals surface area (Å²) >= 11 is 0. The molecule has 3 aromatic carbocycles. The molecule has 0 unspecified atom stereocenters. The maximum Gasteiger partial charge on any atom is 0.221 e. The molecule has 0 saturated carbocycles. The highest BCUT2D eigenvalue weighted by Crippen LogP contribution is 2.35. The number of carbonyl (C=O) groups is 1. The summed E-state index contributed by atoms with van der Waals surface area (Å²) in [5, 5.41) is 4.38. The zero-order chi connectivity index (χ0) is 25.1. The molecule has 1 saturated heterocycles. The van der Waals surface area contributed by atoms with Gasteiger partial charge < -0.3 is 14.6 Å². The maximum absolute atomic E-state index is 13.3. The molecule has 0 spiro atoms. The number of ether oxygens (including phenoxy) is 1. The van der Waals surface area contributed by atoms with Gasteiger partial charge in [-0.3, -0.25) is 4.79 Å². The summed E-state index contributed by atoms with van der Waals surface area (Å²) in [5.41, 5.74) is 7.05. The zero-order valence-corrected chi connectivity index (χ0v) is 21.6. The number of rotatable bonds is 8. The van der Waals surface area contributed by atoms with Crippen molar-refractivity contribution in [3.05, 3.63) is 107 Å². The fourth-order valence-electron chi connectivity index (χ4n) is 5.30. The van der Waals surface area contributed by atoms with Gasteiger partial charge in [0.2, 0.25) is 5.91 Å². The highest BCUT2D eigenvalue weighted by Gasteiger charge is 2.31. The monoisotopic (exact) mass is 480 g/mol. The van der Waals surface area contributed by atoms with E-state index in [9.17, 15) is 4.79 Å². The van der Waals surface area contributed by atoms with Crippen molar-refractivity contribution in [2.75, 3.05) is 13.2 Å². The van der Waals surface area contributed by atoms with E-state index in [0.717, 1.165) is 31.6 Å². The average Bonchev–Trinajstić information content (AvgIpc) is 3.48. The molecule has 2 atom stereocenters. The Labute approximate surface area is 214 Å². The summed E-state index contributed by atoms with van der Waals surface area (Å²) in [5.74, 6) is 0.0275. The number of nitrogens with one attached hydrogen (secondary N) is 1. The van der Waals surface area contributed by atoms with Gasteiger partial charge in [-0.1, -0.05) is 77.9 Å². The molecule has 4 nitrogen and oxygen atoms in total. The molecule has 0 radical (unpaired) electrons. The summed E-state index contributed by atoms with van der Waals surface area (Å²) in [6.45, 7) is 8.44. The molecule has 1 amide bonds. The minimum absolute atomic E-state index is 0.0351. The first-order valence-electron chi connectivity index (χ1n) is 13.0. The van der Waals surface area contributed by atoms with E-state index in [1.807, 2.05) is 0 Å². The molecular weight excluding hydrogens is 444 g/mol. The Morgan fingerprint density at radius 1 is 1.00 bits per heavy atom. The third kappa shape index (κ3) is 5.39. The normalized spacial score (nSPS) is 18.4. The molecule has 1 N–H and O–H groups in total. The van der Waals surface area contributed by atoms with Gasteiger partial charge >= 0.3 is 0 Å². The number of para-hydroxylation sites is 1. The Hall–Kier alpha value is -3.37. The smallest absolute Gasteiger partial charge is 0.221 e. The van der Waals surface area contributed by atoms with Crippen molar-refractivity contribution in [2.24, 2.45) is 0 Å². The van der Waals surface area contributed by atoms with Crippen LogP contribution in [0.25, 0.3) is 10.9 Å². The molecule has 4 heteroatoms. The summed E-state index contributed by atoms with van der Waals surface area (Å²) < 4.78 is 8.21. The van der Waals surface area contributed by atoms with Gasteiger partial charge in [0.15, 0.2) is 0 Å². The predicted molar refractivity (Wildman–Crippen MR) is 146 cm³/mol. The fraction of sp³-hybridized carbons (Fsp3) is 0.344. The Morgan fingerprint density at radius 2 is 1.69 bits per heavy atom. The molecule has 1 aliphatic rings. The van der Waals surface area contributed by atoms with Gasteiger partial charge in [-0.25, -0.2) is 0 Å². The lowest BCUT2D eigenvalue weighted by atomic mass is 9.87. The van der Waals surface area contributed by atoms with E-state index < -0.39 is 0 Å². The predicted octanol–water partition coefficient (Wildman–Crippen LogP) is 6.51. The number of hydrogen-bond acceptors (Lipinski definition) is 2. The van der Waals surface area contributed by atoms with Gasteiger partial charge in [-0.15, -0.1) is 0 Å². The molecule has 5 rings (SSSR count). The van der Waals surface area contributed by atoms with Gasteiger partial charge in [0, 0.05) is 49.1 Å². The molecule has 1 aromatic heterocycles. The first-order chi connectivity index (χ1) is 17.4. The van der Waals surface area contributed by atoms with E-state index in [1.54, 1.807) is 0 Å². The van der Waals surface area contributed by atoms with Crippen LogP contribution in [0.4, 0.5) is 0 Å². The van der Waals surface area contributed by atoms with Crippen molar-refractivity contribution in [1.29, 1.82) is 0 Å². The van der Waals surface area contributed by atoms with Crippen LogP contribution < -0.4 is 5.32 Å². The largest absolute Gasteiger partial charge is 0.373 e. The van der Waals surface area contributed by atoms with Crippen LogP contribution in [-0.4, -0.2) is 29.2 Å². The Morgan fingerprint density at radius 3 is 2.39 bits per heavy atom. The lowest BCUT2D eigenvalue weighted by Gasteiger charge is -2.24. The number of fused-ring (bicyclic) bond motifs is 1. The third-order valence-corrected chi connectivity index (χ3v) is 7.50. The van der Waals surface area contributed by atoms with Crippen molar-refractivity contribution in [2.45, 2.75) is 58.1 Å². The number of amides is 1. The number of aromatic nitrogens is 1. The maximum atomic E-state index is 13.3.